The van der Waals surface area contributed by atoms with E-state index in [9.17, 15) is 14.4 Å². The number of pyridine rings is 1. The van der Waals surface area contributed by atoms with Crippen molar-refractivity contribution < 1.29 is 19.1 Å². The summed E-state index contributed by atoms with van der Waals surface area (Å²) in [4.78, 5) is 35.5. The molecule has 0 fully saturated rings. The summed E-state index contributed by atoms with van der Waals surface area (Å²) < 4.78 is 11.4. The first-order valence-corrected chi connectivity index (χ1v) is 7.50. The summed E-state index contributed by atoms with van der Waals surface area (Å²) >= 11 is 6.03. The van der Waals surface area contributed by atoms with Crippen molar-refractivity contribution in [1.82, 2.24) is 15.4 Å². The minimum Gasteiger partial charge on any atom is -0.493 e. The normalized spacial score (nSPS) is 10.0. The van der Waals surface area contributed by atoms with Gasteiger partial charge in [-0.25, -0.2) is 0 Å². The molecule has 2 aromatic rings. The number of nitrogens with one attached hydrogen (secondary N) is 2. The molecule has 2 rings (SSSR count). The number of hydrogen-bond acceptors (Lipinski definition) is 5. The van der Waals surface area contributed by atoms with E-state index in [-0.39, 0.29) is 28.4 Å². The van der Waals surface area contributed by atoms with Gasteiger partial charge in [-0.15, -0.1) is 0 Å². The Hall–Kier alpha value is -3.00. The third kappa shape index (κ3) is 4.51. The zero-order valence-electron chi connectivity index (χ0n) is 13.5. The van der Waals surface area contributed by atoms with Crippen molar-refractivity contribution in [2.24, 2.45) is 0 Å². The van der Waals surface area contributed by atoms with Crippen LogP contribution in [0.2, 0.25) is 5.02 Å². The molecule has 0 unspecified atom stereocenters. The average Bonchev–Trinajstić information content (AvgIpc) is 2.60. The second kappa shape index (κ2) is 8.20. The maximum atomic E-state index is 12.1. The van der Waals surface area contributed by atoms with Gasteiger partial charge in [0.05, 0.1) is 19.2 Å². The first-order valence-electron chi connectivity index (χ1n) is 7.12. The van der Waals surface area contributed by atoms with Crippen molar-refractivity contribution in [3.05, 3.63) is 57.5 Å². The van der Waals surface area contributed by atoms with Gasteiger partial charge in [0, 0.05) is 17.8 Å². The van der Waals surface area contributed by atoms with Gasteiger partial charge in [-0.3, -0.25) is 25.2 Å². The van der Waals surface area contributed by atoms with Gasteiger partial charge in [-0.05, 0) is 18.2 Å². The summed E-state index contributed by atoms with van der Waals surface area (Å²) in [6.45, 7) is -0.230. The van der Waals surface area contributed by atoms with Gasteiger partial charge in [-0.1, -0.05) is 17.7 Å². The lowest BCUT2D eigenvalue weighted by molar-refractivity contribution is -0.122. The second-order valence-corrected chi connectivity index (χ2v) is 5.27. The maximum Gasteiger partial charge on any atom is 0.269 e. The molecule has 8 nitrogen and oxygen atoms in total. The van der Waals surface area contributed by atoms with Crippen LogP contribution in [0, 0.1) is 0 Å². The molecule has 0 saturated heterocycles. The molecule has 2 N–H and O–H groups in total. The summed E-state index contributed by atoms with van der Waals surface area (Å²) in [5.41, 5.74) is 4.32. The lowest BCUT2D eigenvalue weighted by Gasteiger charge is -2.12. The Bertz CT molecular complexity index is 850. The Morgan fingerprint density at radius 2 is 1.92 bits per heavy atom. The Kier molecular flexibility index (Phi) is 6.02. The number of ether oxygens (including phenoxy) is 2. The van der Waals surface area contributed by atoms with Gasteiger partial charge < -0.3 is 14.0 Å². The molecule has 0 spiro atoms. The molecule has 1 heterocycles. The second-order valence-electron chi connectivity index (χ2n) is 4.86. The van der Waals surface area contributed by atoms with Gasteiger partial charge in [0.2, 0.25) is 0 Å². The predicted molar refractivity (Wildman–Crippen MR) is 90.9 cm³/mol. The van der Waals surface area contributed by atoms with Gasteiger partial charge in [0.25, 0.3) is 17.4 Å². The quantitative estimate of drug-likeness (QED) is 0.770. The average molecular weight is 366 g/mol. The van der Waals surface area contributed by atoms with Crippen molar-refractivity contribution in [1.29, 1.82) is 0 Å². The summed E-state index contributed by atoms with van der Waals surface area (Å²) in [5.74, 6) is -0.583. The van der Waals surface area contributed by atoms with Crippen molar-refractivity contribution in [2.45, 2.75) is 6.54 Å². The van der Waals surface area contributed by atoms with Crippen LogP contribution in [0.4, 0.5) is 0 Å². The standard InChI is InChI=1S/C16H16ClN3O5/c1-24-12-8-10(7-11(17)15(12)25-2)16(23)19-18-13(21)9-20-6-4-3-5-14(20)22/h3-8H,9H2,1-2H3,(H,18,21)(H,19,23). The first kappa shape index (κ1) is 18.3. The van der Waals surface area contributed by atoms with Crippen molar-refractivity contribution in [3.8, 4) is 11.5 Å². The van der Waals surface area contributed by atoms with E-state index < -0.39 is 11.8 Å². The fourth-order valence-electron chi connectivity index (χ4n) is 2.03. The molecule has 1 aromatic heterocycles. The van der Waals surface area contributed by atoms with E-state index in [1.807, 2.05) is 0 Å². The Balaban J connectivity index is 2.03. The van der Waals surface area contributed by atoms with Crippen LogP contribution in [-0.2, 0) is 11.3 Å². The van der Waals surface area contributed by atoms with Crippen LogP contribution in [-0.4, -0.2) is 30.6 Å². The number of carbonyl (C=O) groups is 2. The molecule has 0 radical (unpaired) electrons. The highest BCUT2D eigenvalue weighted by atomic mass is 35.5. The molecule has 9 heteroatoms. The van der Waals surface area contributed by atoms with Crippen LogP contribution in [0.5, 0.6) is 11.5 Å². The minimum absolute atomic E-state index is 0.167. The SMILES string of the molecule is COc1cc(C(=O)NNC(=O)Cn2ccccc2=O)cc(Cl)c1OC. The Morgan fingerprint density at radius 1 is 1.16 bits per heavy atom. The van der Waals surface area contributed by atoms with Gasteiger partial charge >= 0.3 is 0 Å². The van der Waals surface area contributed by atoms with Crippen molar-refractivity contribution >= 4 is 23.4 Å². The highest BCUT2D eigenvalue weighted by Crippen LogP contribution is 2.35. The number of hydrogen-bond donors (Lipinski definition) is 2. The van der Waals surface area contributed by atoms with Gasteiger partial charge in [0.15, 0.2) is 11.5 Å². The summed E-state index contributed by atoms with van der Waals surface area (Å²) in [6, 6.07) is 7.33. The highest BCUT2D eigenvalue weighted by molar-refractivity contribution is 6.32. The van der Waals surface area contributed by atoms with E-state index in [1.165, 1.54) is 43.2 Å². The monoisotopic (exact) mass is 365 g/mol. The Morgan fingerprint density at radius 3 is 2.56 bits per heavy atom. The molecule has 0 aliphatic rings. The third-order valence-electron chi connectivity index (χ3n) is 3.22. The smallest absolute Gasteiger partial charge is 0.269 e. The molecule has 0 atom stereocenters. The van der Waals surface area contributed by atoms with E-state index in [1.54, 1.807) is 12.1 Å². The number of methoxy groups -OCH3 is 2. The number of halogens is 1. The molecule has 25 heavy (non-hydrogen) atoms. The summed E-state index contributed by atoms with van der Waals surface area (Å²) in [5, 5.41) is 0.189. The highest BCUT2D eigenvalue weighted by Gasteiger charge is 2.15. The topological polar surface area (TPSA) is 98.7 Å². The van der Waals surface area contributed by atoms with Gasteiger partial charge in [-0.2, -0.15) is 0 Å². The zero-order valence-corrected chi connectivity index (χ0v) is 14.3. The molecular weight excluding hydrogens is 350 g/mol. The summed E-state index contributed by atoms with van der Waals surface area (Å²) in [7, 11) is 2.84. The number of benzene rings is 1. The van der Waals surface area contributed by atoms with E-state index in [0.717, 1.165) is 0 Å². The number of rotatable bonds is 5. The molecule has 132 valence electrons. The van der Waals surface area contributed by atoms with Crippen molar-refractivity contribution in [3.63, 3.8) is 0 Å². The van der Waals surface area contributed by atoms with Crippen LogP contribution in [0.25, 0.3) is 0 Å². The van der Waals surface area contributed by atoms with Crippen LogP contribution >= 0.6 is 11.6 Å². The largest absolute Gasteiger partial charge is 0.493 e. The maximum absolute atomic E-state index is 12.1. The van der Waals surface area contributed by atoms with E-state index in [4.69, 9.17) is 21.1 Å². The molecule has 0 saturated carbocycles. The first-order chi connectivity index (χ1) is 12.0. The lowest BCUT2D eigenvalue weighted by Crippen LogP contribution is -2.44. The number of hydrazine groups is 1. The van der Waals surface area contributed by atoms with E-state index >= 15 is 0 Å². The lowest BCUT2D eigenvalue weighted by atomic mass is 10.2. The van der Waals surface area contributed by atoms with E-state index in [2.05, 4.69) is 10.9 Å². The molecule has 0 aliphatic carbocycles. The Labute approximate surface area is 148 Å². The number of carbonyl (C=O) groups excluding carboxylic acids is 2. The fourth-order valence-corrected chi connectivity index (χ4v) is 2.32. The summed E-state index contributed by atoms with van der Waals surface area (Å²) in [6.07, 6.45) is 1.47. The number of aromatic nitrogens is 1. The molecule has 0 bridgehead atoms. The van der Waals surface area contributed by atoms with Crippen molar-refractivity contribution in [2.75, 3.05) is 14.2 Å². The van der Waals surface area contributed by atoms with Crippen LogP contribution < -0.4 is 25.9 Å². The van der Waals surface area contributed by atoms with Gasteiger partial charge in [0.1, 0.15) is 6.54 Å². The van der Waals surface area contributed by atoms with Crippen LogP contribution in [0.3, 0.4) is 0 Å². The minimum atomic E-state index is -0.600. The third-order valence-corrected chi connectivity index (χ3v) is 3.50. The number of nitrogens with zero attached hydrogens (tertiary/aromatic N) is 1. The molecule has 1 aromatic carbocycles. The number of amides is 2. The van der Waals surface area contributed by atoms with Crippen LogP contribution in [0.1, 0.15) is 10.4 Å². The zero-order chi connectivity index (χ0) is 18.4. The fraction of sp³-hybridized carbons (Fsp3) is 0.188. The molecule has 0 aliphatic heterocycles. The van der Waals surface area contributed by atoms with Crippen LogP contribution in [0.15, 0.2) is 41.3 Å². The predicted octanol–water partition coefficient (Wildman–Crippen LogP) is 0.980. The molecule has 2 amide bonds. The van der Waals surface area contributed by atoms with E-state index in [0.29, 0.717) is 5.75 Å². The molecular formula is C16H16ClN3O5.